The molecule has 0 radical (unpaired) electrons. The van der Waals surface area contributed by atoms with Crippen LogP contribution in [0.25, 0.3) is 0 Å². The van der Waals surface area contributed by atoms with Gasteiger partial charge < -0.3 is 4.79 Å². The number of benzene rings is 2. The van der Waals surface area contributed by atoms with Crippen molar-refractivity contribution < 1.29 is 4.79 Å². The molecule has 1 unspecified atom stereocenters. The van der Waals surface area contributed by atoms with E-state index in [4.69, 9.17) is 0 Å². The maximum atomic E-state index is 11.6. The van der Waals surface area contributed by atoms with Crippen molar-refractivity contribution in [3.63, 3.8) is 0 Å². The number of para-hydroxylation sites is 1. The zero-order valence-electron chi connectivity index (χ0n) is 10.4. The second-order valence-electron chi connectivity index (χ2n) is 4.49. The summed E-state index contributed by atoms with van der Waals surface area (Å²) in [7, 11) is 0. The van der Waals surface area contributed by atoms with Crippen LogP contribution in [0.1, 0.15) is 5.56 Å². The van der Waals surface area contributed by atoms with Crippen LogP contribution in [0.4, 0.5) is 5.69 Å². The normalized spacial score (nSPS) is 21.6. The molecule has 1 aliphatic rings. The smallest absolute Gasteiger partial charge is 0.150 e. The van der Waals surface area contributed by atoms with Crippen LogP contribution >= 0.6 is 0 Å². The van der Waals surface area contributed by atoms with E-state index in [1.165, 1.54) is 0 Å². The number of nitrogens with zero attached hydrogens (tertiary/aromatic N) is 1. The van der Waals surface area contributed by atoms with Crippen LogP contribution in [0.15, 0.2) is 72.9 Å². The van der Waals surface area contributed by atoms with Crippen molar-refractivity contribution in [2.24, 2.45) is 0 Å². The first kappa shape index (κ1) is 11.7. The van der Waals surface area contributed by atoms with E-state index in [9.17, 15) is 4.79 Å². The van der Waals surface area contributed by atoms with Crippen LogP contribution < -0.4 is 10.4 Å². The van der Waals surface area contributed by atoms with Crippen molar-refractivity contribution in [2.45, 2.75) is 5.54 Å². The van der Waals surface area contributed by atoms with Gasteiger partial charge in [-0.05, 0) is 23.8 Å². The fourth-order valence-electron chi connectivity index (χ4n) is 2.21. The van der Waals surface area contributed by atoms with Crippen LogP contribution in [0.2, 0.25) is 0 Å². The zero-order valence-corrected chi connectivity index (χ0v) is 10.4. The molecule has 0 bridgehead atoms. The molecule has 0 spiro atoms. The monoisotopic (exact) mass is 250 g/mol. The van der Waals surface area contributed by atoms with Gasteiger partial charge in [0, 0.05) is 6.20 Å². The summed E-state index contributed by atoms with van der Waals surface area (Å²) in [6, 6.07) is 19.6. The highest BCUT2D eigenvalue weighted by molar-refractivity contribution is 5.74. The molecule has 3 rings (SSSR count). The molecular formula is C16H14N2O. The van der Waals surface area contributed by atoms with Crippen molar-refractivity contribution in [3.8, 4) is 0 Å². The van der Waals surface area contributed by atoms with Crippen molar-refractivity contribution in [1.29, 1.82) is 0 Å². The van der Waals surface area contributed by atoms with Gasteiger partial charge in [-0.15, -0.1) is 0 Å². The maximum Gasteiger partial charge on any atom is 0.150 e. The number of carbonyl (C=O) groups is 1. The molecule has 1 heterocycles. The van der Waals surface area contributed by atoms with Gasteiger partial charge in [-0.3, -0.25) is 5.01 Å². The first-order valence-corrected chi connectivity index (χ1v) is 6.17. The molecule has 0 saturated carbocycles. The van der Waals surface area contributed by atoms with Gasteiger partial charge in [-0.1, -0.05) is 48.5 Å². The summed E-state index contributed by atoms with van der Waals surface area (Å²) in [5.74, 6) is 0. The molecule has 1 N–H and O–H groups in total. The first-order chi connectivity index (χ1) is 9.34. The van der Waals surface area contributed by atoms with Gasteiger partial charge in [-0.2, -0.15) is 0 Å². The van der Waals surface area contributed by atoms with Crippen LogP contribution in [0.3, 0.4) is 0 Å². The van der Waals surface area contributed by atoms with Crippen LogP contribution in [0, 0.1) is 0 Å². The molecule has 1 atom stereocenters. The van der Waals surface area contributed by atoms with Gasteiger partial charge in [0.15, 0.2) is 0 Å². The van der Waals surface area contributed by atoms with E-state index in [-0.39, 0.29) is 0 Å². The lowest BCUT2D eigenvalue weighted by atomic mass is 9.93. The predicted molar refractivity (Wildman–Crippen MR) is 75.4 cm³/mol. The van der Waals surface area contributed by atoms with Gasteiger partial charge in [0.05, 0.1) is 5.69 Å². The molecule has 1 aliphatic heterocycles. The van der Waals surface area contributed by atoms with Crippen molar-refractivity contribution >= 4 is 12.0 Å². The molecule has 0 aliphatic carbocycles. The first-order valence-electron chi connectivity index (χ1n) is 6.17. The number of hydrogen-bond donors (Lipinski definition) is 1. The minimum Gasteiger partial charge on any atom is -0.300 e. The van der Waals surface area contributed by atoms with Crippen molar-refractivity contribution in [2.75, 3.05) is 5.01 Å². The number of hydrazine groups is 1. The second-order valence-corrected chi connectivity index (χ2v) is 4.49. The van der Waals surface area contributed by atoms with E-state index >= 15 is 0 Å². The summed E-state index contributed by atoms with van der Waals surface area (Å²) in [6.07, 6.45) is 4.70. The summed E-state index contributed by atoms with van der Waals surface area (Å²) in [5.41, 5.74) is 4.39. The lowest BCUT2D eigenvalue weighted by Crippen LogP contribution is -2.45. The molecule has 3 heteroatoms. The molecule has 2 aromatic carbocycles. The summed E-state index contributed by atoms with van der Waals surface area (Å²) >= 11 is 0. The molecule has 3 nitrogen and oxygen atoms in total. The lowest BCUT2D eigenvalue weighted by molar-refractivity contribution is -0.111. The Balaban J connectivity index is 1.92. The van der Waals surface area contributed by atoms with E-state index in [1.807, 2.05) is 77.9 Å². The highest BCUT2D eigenvalue weighted by Gasteiger charge is 2.34. The largest absolute Gasteiger partial charge is 0.300 e. The van der Waals surface area contributed by atoms with E-state index in [0.717, 1.165) is 17.5 Å². The Bertz CT molecular complexity index is 595. The zero-order chi connectivity index (χ0) is 13.1. The molecule has 0 aromatic heterocycles. The summed E-state index contributed by atoms with van der Waals surface area (Å²) in [6.45, 7) is 0. The van der Waals surface area contributed by atoms with Crippen molar-refractivity contribution in [1.82, 2.24) is 5.43 Å². The Kier molecular flexibility index (Phi) is 2.89. The molecule has 94 valence electrons. The Labute approximate surface area is 112 Å². The summed E-state index contributed by atoms with van der Waals surface area (Å²) in [5, 5.41) is 1.86. The number of rotatable bonds is 3. The Morgan fingerprint density at radius 3 is 2.21 bits per heavy atom. The van der Waals surface area contributed by atoms with Crippen molar-refractivity contribution in [3.05, 3.63) is 78.5 Å². The number of carbonyl (C=O) groups excluding carboxylic acids is 1. The van der Waals surface area contributed by atoms with Crippen LogP contribution in [0.5, 0.6) is 0 Å². The van der Waals surface area contributed by atoms with Crippen LogP contribution in [-0.2, 0) is 10.3 Å². The quantitative estimate of drug-likeness (QED) is 0.850. The van der Waals surface area contributed by atoms with E-state index in [1.54, 1.807) is 0 Å². The van der Waals surface area contributed by atoms with Gasteiger partial charge in [0.2, 0.25) is 0 Å². The van der Waals surface area contributed by atoms with E-state index in [0.29, 0.717) is 0 Å². The number of nitrogens with one attached hydrogen (secondary N) is 1. The Morgan fingerprint density at radius 2 is 1.58 bits per heavy atom. The Morgan fingerprint density at radius 1 is 0.947 bits per heavy atom. The highest BCUT2D eigenvalue weighted by Crippen LogP contribution is 2.28. The van der Waals surface area contributed by atoms with Gasteiger partial charge in [0.25, 0.3) is 0 Å². The Hall–Kier alpha value is -2.39. The average molecular weight is 250 g/mol. The standard InChI is InChI=1S/C16H14N2O/c19-13-16(14-7-3-1-4-8-14)11-12-18(17-16)15-9-5-2-6-10-15/h1-13,17H. The minimum absolute atomic E-state index is 0.781. The SMILES string of the molecule is O=CC1(c2ccccc2)C=CN(c2ccccc2)N1. The van der Waals surface area contributed by atoms with Gasteiger partial charge in [0.1, 0.15) is 11.8 Å². The molecular weight excluding hydrogens is 236 g/mol. The van der Waals surface area contributed by atoms with E-state index in [2.05, 4.69) is 5.43 Å². The lowest BCUT2D eigenvalue weighted by Gasteiger charge is -2.26. The summed E-state index contributed by atoms with van der Waals surface area (Å²) in [4.78, 5) is 11.6. The highest BCUT2D eigenvalue weighted by atomic mass is 16.1. The number of aldehydes is 1. The fourth-order valence-corrected chi connectivity index (χ4v) is 2.21. The minimum atomic E-state index is -0.781. The molecule has 0 fully saturated rings. The number of anilines is 1. The topological polar surface area (TPSA) is 32.3 Å². The molecule has 2 aromatic rings. The van der Waals surface area contributed by atoms with Gasteiger partial charge in [-0.25, -0.2) is 5.43 Å². The third-order valence-corrected chi connectivity index (χ3v) is 3.26. The molecule has 0 saturated heterocycles. The third kappa shape index (κ3) is 2.04. The predicted octanol–water partition coefficient (Wildman–Crippen LogP) is 2.62. The average Bonchev–Trinajstić information content (AvgIpc) is 2.95. The van der Waals surface area contributed by atoms with Crippen LogP contribution in [-0.4, -0.2) is 6.29 Å². The molecule has 0 amide bonds. The van der Waals surface area contributed by atoms with E-state index < -0.39 is 5.54 Å². The van der Waals surface area contributed by atoms with Gasteiger partial charge >= 0.3 is 0 Å². The second kappa shape index (κ2) is 4.71. The maximum absolute atomic E-state index is 11.6. The third-order valence-electron chi connectivity index (χ3n) is 3.26. The summed E-state index contributed by atoms with van der Waals surface area (Å²) < 4.78 is 0. The molecule has 19 heavy (non-hydrogen) atoms. The number of hydrogen-bond acceptors (Lipinski definition) is 3. The fraction of sp³-hybridized carbons (Fsp3) is 0.0625.